The van der Waals surface area contributed by atoms with E-state index in [9.17, 15) is 4.79 Å². The van der Waals surface area contributed by atoms with Crippen molar-refractivity contribution in [2.24, 2.45) is 0 Å². The molecule has 0 saturated heterocycles. The molecule has 1 amide bonds. The maximum absolute atomic E-state index is 12.4. The summed E-state index contributed by atoms with van der Waals surface area (Å²) in [7, 11) is 0. The monoisotopic (exact) mass is 351 g/mol. The number of hydrogen-bond acceptors (Lipinski definition) is 6. The van der Waals surface area contributed by atoms with Gasteiger partial charge in [-0.15, -0.1) is 10.2 Å². The SMILES string of the molecule is CC(Sc1nnc(C(C)(C)C)n1N)C(=O)Nc1ccnn1C(C)C. The molecular formula is C15H25N7OS. The molecule has 2 aromatic rings. The summed E-state index contributed by atoms with van der Waals surface area (Å²) < 4.78 is 3.21. The van der Waals surface area contributed by atoms with Gasteiger partial charge in [-0.3, -0.25) is 4.79 Å². The predicted octanol–water partition coefficient (Wildman–Crippen LogP) is 2.19. The Kier molecular flexibility index (Phi) is 5.22. The lowest BCUT2D eigenvalue weighted by atomic mass is 9.96. The van der Waals surface area contributed by atoms with Crippen molar-refractivity contribution in [3.63, 3.8) is 0 Å². The quantitative estimate of drug-likeness (QED) is 0.632. The minimum Gasteiger partial charge on any atom is -0.336 e. The first-order chi connectivity index (χ1) is 11.1. The normalized spacial score (nSPS) is 13.3. The summed E-state index contributed by atoms with van der Waals surface area (Å²) >= 11 is 1.27. The predicted molar refractivity (Wildman–Crippen MR) is 95.4 cm³/mol. The number of aromatic nitrogens is 5. The van der Waals surface area contributed by atoms with Crippen molar-refractivity contribution in [2.45, 2.75) is 63.4 Å². The highest BCUT2D eigenvalue weighted by molar-refractivity contribution is 8.00. The largest absolute Gasteiger partial charge is 0.336 e. The van der Waals surface area contributed by atoms with E-state index in [2.05, 4.69) is 20.6 Å². The molecule has 0 saturated carbocycles. The molecule has 0 bridgehead atoms. The highest BCUT2D eigenvalue weighted by Gasteiger charge is 2.25. The van der Waals surface area contributed by atoms with Crippen LogP contribution in [0.15, 0.2) is 17.4 Å². The van der Waals surface area contributed by atoms with E-state index in [1.54, 1.807) is 16.9 Å². The number of nitrogens with zero attached hydrogens (tertiary/aromatic N) is 5. The molecule has 0 fully saturated rings. The van der Waals surface area contributed by atoms with Crippen LogP contribution in [-0.2, 0) is 10.2 Å². The number of amides is 1. The number of nitrogens with two attached hydrogens (primary N) is 1. The van der Waals surface area contributed by atoms with Gasteiger partial charge in [0.1, 0.15) is 5.82 Å². The van der Waals surface area contributed by atoms with Gasteiger partial charge in [-0.25, -0.2) is 9.36 Å². The highest BCUT2D eigenvalue weighted by atomic mass is 32.2. The van der Waals surface area contributed by atoms with Crippen LogP contribution in [0.5, 0.6) is 0 Å². The van der Waals surface area contributed by atoms with Crippen LogP contribution < -0.4 is 11.2 Å². The van der Waals surface area contributed by atoms with Gasteiger partial charge in [-0.1, -0.05) is 32.5 Å². The molecule has 9 heteroatoms. The molecule has 0 aliphatic carbocycles. The van der Waals surface area contributed by atoms with Gasteiger partial charge in [0.05, 0.1) is 11.4 Å². The minimum atomic E-state index is -0.375. The molecule has 0 aromatic carbocycles. The van der Waals surface area contributed by atoms with E-state index >= 15 is 0 Å². The molecule has 0 radical (unpaired) electrons. The number of nitrogens with one attached hydrogen (secondary N) is 1. The molecule has 0 aliphatic heterocycles. The lowest BCUT2D eigenvalue weighted by Crippen LogP contribution is -2.27. The van der Waals surface area contributed by atoms with Crippen LogP contribution in [0.25, 0.3) is 0 Å². The third kappa shape index (κ3) is 3.89. The van der Waals surface area contributed by atoms with Crippen molar-refractivity contribution in [1.82, 2.24) is 24.7 Å². The summed E-state index contributed by atoms with van der Waals surface area (Å²) in [6.45, 7) is 11.9. The fraction of sp³-hybridized carbons (Fsp3) is 0.600. The number of anilines is 1. The molecule has 2 heterocycles. The number of rotatable bonds is 5. The summed E-state index contributed by atoms with van der Waals surface area (Å²) in [6, 6.07) is 1.94. The first-order valence-electron chi connectivity index (χ1n) is 7.83. The Balaban J connectivity index is 2.07. The Hall–Kier alpha value is -2.03. The Morgan fingerprint density at radius 3 is 2.50 bits per heavy atom. The van der Waals surface area contributed by atoms with Crippen molar-refractivity contribution in [3.8, 4) is 0 Å². The van der Waals surface area contributed by atoms with E-state index in [1.165, 1.54) is 16.4 Å². The van der Waals surface area contributed by atoms with Gasteiger partial charge in [0.2, 0.25) is 11.1 Å². The number of carbonyl (C=O) groups excluding carboxylic acids is 1. The molecule has 132 valence electrons. The zero-order valence-corrected chi connectivity index (χ0v) is 15.8. The molecule has 0 aliphatic rings. The van der Waals surface area contributed by atoms with Gasteiger partial charge < -0.3 is 11.2 Å². The van der Waals surface area contributed by atoms with Crippen molar-refractivity contribution >= 4 is 23.5 Å². The highest BCUT2D eigenvalue weighted by Crippen LogP contribution is 2.26. The average molecular weight is 351 g/mol. The lowest BCUT2D eigenvalue weighted by Gasteiger charge is -2.17. The van der Waals surface area contributed by atoms with Crippen molar-refractivity contribution in [3.05, 3.63) is 18.1 Å². The second-order valence-corrected chi connectivity index (χ2v) is 8.24. The first-order valence-corrected chi connectivity index (χ1v) is 8.71. The van der Waals surface area contributed by atoms with Crippen LogP contribution in [0, 0.1) is 0 Å². The van der Waals surface area contributed by atoms with Crippen LogP contribution in [0.3, 0.4) is 0 Å². The molecule has 1 atom stereocenters. The molecule has 3 N–H and O–H groups in total. The topological polar surface area (TPSA) is 104 Å². The summed E-state index contributed by atoms with van der Waals surface area (Å²) in [6.07, 6.45) is 1.67. The standard InChI is InChI=1S/C15H25N7OS/c1-9(2)22-11(7-8-17-22)18-12(23)10(3)24-14-20-19-13(21(14)16)15(4,5)6/h7-10H,16H2,1-6H3,(H,18,23). The number of thioether (sulfide) groups is 1. The summed E-state index contributed by atoms with van der Waals surface area (Å²) in [4.78, 5) is 12.4. The van der Waals surface area contributed by atoms with Crippen molar-refractivity contribution in [1.29, 1.82) is 0 Å². The van der Waals surface area contributed by atoms with Gasteiger partial charge in [-0.2, -0.15) is 5.10 Å². The first kappa shape index (κ1) is 18.3. The van der Waals surface area contributed by atoms with Crippen molar-refractivity contribution < 1.29 is 4.79 Å². The van der Waals surface area contributed by atoms with E-state index in [-0.39, 0.29) is 22.6 Å². The van der Waals surface area contributed by atoms with Gasteiger partial charge >= 0.3 is 0 Å². The van der Waals surface area contributed by atoms with Gasteiger partial charge in [-0.05, 0) is 20.8 Å². The van der Waals surface area contributed by atoms with Crippen LogP contribution in [0.1, 0.15) is 53.4 Å². The van der Waals surface area contributed by atoms with Crippen LogP contribution in [0.4, 0.5) is 5.82 Å². The Labute approximate surface area is 146 Å². The third-order valence-corrected chi connectivity index (χ3v) is 4.45. The van der Waals surface area contributed by atoms with Gasteiger partial charge in [0.15, 0.2) is 5.82 Å². The maximum Gasteiger partial charge on any atom is 0.238 e. The Morgan fingerprint density at radius 2 is 1.96 bits per heavy atom. The summed E-state index contributed by atoms with van der Waals surface area (Å²) in [5.41, 5.74) is -0.212. The second-order valence-electron chi connectivity index (χ2n) is 6.93. The molecule has 1 unspecified atom stereocenters. The minimum absolute atomic E-state index is 0.136. The Morgan fingerprint density at radius 1 is 1.29 bits per heavy atom. The van der Waals surface area contributed by atoms with Gasteiger partial charge in [0.25, 0.3) is 0 Å². The van der Waals surface area contributed by atoms with Crippen molar-refractivity contribution in [2.75, 3.05) is 11.2 Å². The molecule has 0 spiro atoms. The average Bonchev–Trinajstić information content (AvgIpc) is 3.05. The second kappa shape index (κ2) is 6.84. The van der Waals surface area contributed by atoms with Gasteiger partial charge in [0, 0.05) is 17.5 Å². The molecular weight excluding hydrogens is 326 g/mol. The zero-order chi connectivity index (χ0) is 18.1. The van der Waals surface area contributed by atoms with Crippen LogP contribution in [0.2, 0.25) is 0 Å². The molecule has 24 heavy (non-hydrogen) atoms. The summed E-state index contributed by atoms with van der Waals surface area (Å²) in [5, 5.41) is 15.5. The molecule has 2 rings (SSSR count). The zero-order valence-electron chi connectivity index (χ0n) is 14.9. The number of hydrogen-bond donors (Lipinski definition) is 2. The van der Waals surface area contributed by atoms with E-state index in [0.717, 1.165) is 0 Å². The summed E-state index contributed by atoms with van der Waals surface area (Å²) in [5.74, 6) is 7.28. The van der Waals surface area contributed by atoms with E-state index in [0.29, 0.717) is 16.8 Å². The van der Waals surface area contributed by atoms with E-state index in [1.807, 2.05) is 41.5 Å². The number of nitrogen functional groups attached to an aromatic ring is 1. The molecule has 8 nitrogen and oxygen atoms in total. The van der Waals surface area contributed by atoms with Crippen LogP contribution >= 0.6 is 11.8 Å². The third-order valence-electron chi connectivity index (χ3n) is 3.40. The van der Waals surface area contributed by atoms with E-state index in [4.69, 9.17) is 5.84 Å². The maximum atomic E-state index is 12.4. The smallest absolute Gasteiger partial charge is 0.238 e. The van der Waals surface area contributed by atoms with Crippen LogP contribution in [-0.4, -0.2) is 35.8 Å². The fourth-order valence-electron chi connectivity index (χ4n) is 2.13. The fourth-order valence-corrected chi connectivity index (χ4v) is 2.90. The lowest BCUT2D eigenvalue weighted by molar-refractivity contribution is -0.115. The molecule has 2 aromatic heterocycles. The van der Waals surface area contributed by atoms with E-state index < -0.39 is 0 Å². The Bertz CT molecular complexity index is 714. The number of carbonyl (C=O) groups is 1.